The van der Waals surface area contributed by atoms with Gasteiger partial charge in [0.05, 0.1) is 10.6 Å². The molecule has 2 rings (SSSR count). The highest BCUT2D eigenvalue weighted by molar-refractivity contribution is 6.30. The molecule has 0 aliphatic heterocycles. The lowest BCUT2D eigenvalue weighted by Crippen LogP contribution is -2.10. The number of pyridine rings is 1. The molecule has 0 fully saturated rings. The molecule has 0 saturated carbocycles. The average Bonchev–Trinajstić information content (AvgIpc) is 2.46. The Morgan fingerprint density at radius 3 is 2.90 bits per heavy atom. The molecule has 0 amide bonds. The number of rotatable bonds is 5. The number of nitrogens with zero attached hydrogens (tertiary/aromatic N) is 2. The van der Waals surface area contributed by atoms with Crippen LogP contribution in [0.15, 0.2) is 36.4 Å². The molecule has 1 aromatic heterocycles. The van der Waals surface area contributed by atoms with Crippen molar-refractivity contribution >= 4 is 23.1 Å². The van der Waals surface area contributed by atoms with Gasteiger partial charge in [0.15, 0.2) is 5.75 Å². The Hall–Kier alpha value is -2.38. The SMILES string of the molecule is NNc1cccc(COc2ccc(Cl)cc2[N+](=O)[O-])n1. The first kappa shape index (κ1) is 14.0. The number of hydrogen-bond acceptors (Lipinski definition) is 6. The topological polar surface area (TPSA) is 103 Å². The van der Waals surface area contributed by atoms with E-state index in [2.05, 4.69) is 10.4 Å². The Bertz CT molecular complexity index is 636. The number of nitro benzene ring substituents is 1. The molecule has 0 atom stereocenters. The molecule has 20 heavy (non-hydrogen) atoms. The van der Waals surface area contributed by atoms with Gasteiger partial charge >= 0.3 is 5.69 Å². The summed E-state index contributed by atoms with van der Waals surface area (Å²) in [5.41, 5.74) is 2.81. The second-order valence-electron chi connectivity index (χ2n) is 3.82. The van der Waals surface area contributed by atoms with Crippen LogP contribution >= 0.6 is 11.6 Å². The van der Waals surface area contributed by atoms with Gasteiger partial charge in [-0.2, -0.15) is 0 Å². The highest BCUT2D eigenvalue weighted by Crippen LogP contribution is 2.30. The van der Waals surface area contributed by atoms with Crippen LogP contribution in [0.4, 0.5) is 11.5 Å². The minimum absolute atomic E-state index is 0.0813. The average molecular weight is 295 g/mol. The quantitative estimate of drug-likeness (QED) is 0.499. The van der Waals surface area contributed by atoms with Crippen LogP contribution in [0.1, 0.15) is 5.69 Å². The van der Waals surface area contributed by atoms with Crippen LogP contribution in [0.2, 0.25) is 5.02 Å². The molecule has 1 aromatic carbocycles. The van der Waals surface area contributed by atoms with Crippen LogP contribution < -0.4 is 16.0 Å². The number of nitrogens with one attached hydrogen (secondary N) is 1. The molecule has 0 aliphatic carbocycles. The van der Waals surface area contributed by atoms with Crippen molar-refractivity contribution in [2.24, 2.45) is 5.84 Å². The van der Waals surface area contributed by atoms with E-state index in [1.54, 1.807) is 18.2 Å². The zero-order valence-electron chi connectivity index (χ0n) is 10.2. The lowest BCUT2D eigenvalue weighted by atomic mass is 10.3. The maximum atomic E-state index is 10.9. The molecular weight excluding hydrogens is 284 g/mol. The normalized spacial score (nSPS) is 10.1. The van der Waals surface area contributed by atoms with Gasteiger partial charge in [-0.1, -0.05) is 17.7 Å². The standard InChI is InChI=1S/C12H11ClN4O3/c13-8-4-5-11(10(6-8)17(18)19)20-7-9-2-1-3-12(15-9)16-14/h1-6H,7,14H2,(H,15,16). The lowest BCUT2D eigenvalue weighted by Gasteiger charge is -2.07. The molecule has 7 nitrogen and oxygen atoms in total. The highest BCUT2D eigenvalue weighted by Gasteiger charge is 2.15. The molecule has 1 heterocycles. The van der Waals surface area contributed by atoms with Crippen molar-refractivity contribution in [3.8, 4) is 5.75 Å². The van der Waals surface area contributed by atoms with Gasteiger partial charge in [0.25, 0.3) is 0 Å². The number of nitrogens with two attached hydrogens (primary N) is 1. The maximum absolute atomic E-state index is 10.9. The molecule has 104 valence electrons. The van der Waals surface area contributed by atoms with Crippen molar-refractivity contribution in [3.05, 3.63) is 57.2 Å². The maximum Gasteiger partial charge on any atom is 0.312 e. The van der Waals surface area contributed by atoms with Crippen molar-refractivity contribution in [1.82, 2.24) is 4.98 Å². The number of anilines is 1. The van der Waals surface area contributed by atoms with Gasteiger partial charge in [0, 0.05) is 11.1 Å². The number of halogens is 1. The monoisotopic (exact) mass is 294 g/mol. The second-order valence-corrected chi connectivity index (χ2v) is 4.25. The third kappa shape index (κ3) is 3.34. The van der Waals surface area contributed by atoms with Gasteiger partial charge in [0.2, 0.25) is 0 Å². The lowest BCUT2D eigenvalue weighted by molar-refractivity contribution is -0.385. The van der Waals surface area contributed by atoms with E-state index in [-0.39, 0.29) is 23.1 Å². The number of hydrogen-bond donors (Lipinski definition) is 2. The van der Waals surface area contributed by atoms with Gasteiger partial charge in [-0.25, -0.2) is 10.8 Å². The fourth-order valence-corrected chi connectivity index (χ4v) is 1.71. The van der Waals surface area contributed by atoms with Gasteiger partial charge in [-0.3, -0.25) is 10.1 Å². The van der Waals surface area contributed by atoms with Crippen LogP contribution in [0.5, 0.6) is 5.75 Å². The zero-order valence-corrected chi connectivity index (χ0v) is 11.0. The Morgan fingerprint density at radius 1 is 1.40 bits per heavy atom. The molecule has 0 saturated heterocycles. The smallest absolute Gasteiger partial charge is 0.312 e. The Balaban J connectivity index is 2.16. The number of ether oxygens (including phenoxy) is 1. The van der Waals surface area contributed by atoms with Crippen LogP contribution in [0.3, 0.4) is 0 Å². The van der Waals surface area contributed by atoms with E-state index < -0.39 is 4.92 Å². The van der Waals surface area contributed by atoms with Gasteiger partial charge in [0.1, 0.15) is 12.4 Å². The summed E-state index contributed by atoms with van der Waals surface area (Å²) in [4.78, 5) is 14.5. The number of nitro groups is 1. The molecular formula is C12H11ClN4O3. The fraction of sp³-hybridized carbons (Fsp3) is 0.0833. The van der Waals surface area contributed by atoms with Crippen molar-refractivity contribution < 1.29 is 9.66 Å². The first-order valence-corrected chi connectivity index (χ1v) is 5.97. The minimum atomic E-state index is -0.549. The Morgan fingerprint density at radius 2 is 2.20 bits per heavy atom. The Labute approximate surface area is 119 Å². The van der Waals surface area contributed by atoms with E-state index in [0.717, 1.165) is 0 Å². The van der Waals surface area contributed by atoms with Gasteiger partial charge < -0.3 is 10.2 Å². The number of hydrazine groups is 1. The summed E-state index contributed by atoms with van der Waals surface area (Å²) >= 11 is 5.72. The molecule has 8 heteroatoms. The van der Waals surface area contributed by atoms with Gasteiger partial charge in [-0.05, 0) is 24.3 Å². The summed E-state index contributed by atoms with van der Waals surface area (Å²) in [7, 11) is 0. The summed E-state index contributed by atoms with van der Waals surface area (Å²) in [6.45, 7) is 0.0813. The molecule has 0 spiro atoms. The van der Waals surface area contributed by atoms with E-state index in [4.69, 9.17) is 22.2 Å². The summed E-state index contributed by atoms with van der Waals surface area (Å²) in [5, 5.41) is 11.2. The number of nitrogen functional groups attached to an aromatic ring is 1. The Kier molecular flexibility index (Phi) is 4.34. The van der Waals surface area contributed by atoms with Crippen molar-refractivity contribution in [3.63, 3.8) is 0 Å². The predicted octanol–water partition coefficient (Wildman–Crippen LogP) is 2.51. The molecule has 2 aromatic rings. The van der Waals surface area contributed by atoms with Crippen LogP contribution in [-0.4, -0.2) is 9.91 Å². The van der Waals surface area contributed by atoms with E-state index in [0.29, 0.717) is 11.5 Å². The second kappa shape index (κ2) is 6.18. The van der Waals surface area contributed by atoms with Crippen LogP contribution in [-0.2, 0) is 6.61 Å². The molecule has 0 bridgehead atoms. The molecule has 0 unspecified atom stereocenters. The van der Waals surface area contributed by atoms with E-state index in [1.807, 2.05) is 0 Å². The highest BCUT2D eigenvalue weighted by atomic mass is 35.5. The molecule has 0 aliphatic rings. The zero-order chi connectivity index (χ0) is 14.5. The van der Waals surface area contributed by atoms with E-state index >= 15 is 0 Å². The van der Waals surface area contributed by atoms with E-state index in [9.17, 15) is 10.1 Å². The minimum Gasteiger partial charge on any atom is -0.480 e. The molecule has 3 N–H and O–H groups in total. The summed E-state index contributed by atoms with van der Waals surface area (Å²) in [6, 6.07) is 9.37. The fourth-order valence-electron chi connectivity index (χ4n) is 1.55. The summed E-state index contributed by atoms with van der Waals surface area (Å²) in [6.07, 6.45) is 0. The number of aromatic nitrogens is 1. The summed E-state index contributed by atoms with van der Waals surface area (Å²) < 4.78 is 5.41. The number of benzene rings is 1. The van der Waals surface area contributed by atoms with Gasteiger partial charge in [-0.15, -0.1) is 0 Å². The first-order valence-electron chi connectivity index (χ1n) is 5.59. The van der Waals surface area contributed by atoms with Crippen molar-refractivity contribution in [2.45, 2.75) is 6.61 Å². The van der Waals surface area contributed by atoms with Crippen LogP contribution in [0, 0.1) is 10.1 Å². The van der Waals surface area contributed by atoms with Crippen LogP contribution in [0.25, 0.3) is 0 Å². The van der Waals surface area contributed by atoms with Crippen molar-refractivity contribution in [2.75, 3.05) is 5.43 Å². The van der Waals surface area contributed by atoms with Crippen molar-refractivity contribution in [1.29, 1.82) is 0 Å². The largest absolute Gasteiger partial charge is 0.480 e. The first-order chi connectivity index (χ1) is 9.60. The third-order valence-electron chi connectivity index (χ3n) is 2.45. The predicted molar refractivity (Wildman–Crippen MR) is 74.5 cm³/mol. The third-order valence-corrected chi connectivity index (χ3v) is 2.68. The molecule has 0 radical (unpaired) electrons. The van der Waals surface area contributed by atoms with E-state index in [1.165, 1.54) is 18.2 Å². The summed E-state index contributed by atoms with van der Waals surface area (Å²) in [5.74, 6) is 5.86.